The van der Waals surface area contributed by atoms with Gasteiger partial charge in [-0.1, -0.05) is 48.0 Å². The molecule has 0 amide bonds. The molecule has 140 valence electrons. The van der Waals surface area contributed by atoms with E-state index in [1.54, 1.807) is 12.1 Å². The minimum atomic E-state index is -0.475. The van der Waals surface area contributed by atoms with Gasteiger partial charge in [-0.2, -0.15) is 0 Å². The van der Waals surface area contributed by atoms with Gasteiger partial charge in [-0.15, -0.1) is 0 Å². The summed E-state index contributed by atoms with van der Waals surface area (Å²) in [5.41, 5.74) is 1.95. The minimum Gasteiger partial charge on any atom is -0.349 e. The Morgan fingerprint density at radius 1 is 1.15 bits per heavy atom. The van der Waals surface area contributed by atoms with Gasteiger partial charge in [-0.3, -0.25) is 0 Å². The number of benzene rings is 3. The fourth-order valence-electron chi connectivity index (χ4n) is 3.56. The Hall–Kier alpha value is -1.98. The second-order valence-electron chi connectivity index (χ2n) is 6.72. The molecule has 4 rings (SSSR count). The zero-order valence-corrected chi connectivity index (χ0v) is 15.7. The molecular formula is C22H21ClFNO2. The van der Waals surface area contributed by atoms with Crippen LogP contribution in [0.4, 0.5) is 4.39 Å². The molecule has 0 unspecified atom stereocenters. The maximum absolute atomic E-state index is 13.3. The van der Waals surface area contributed by atoms with E-state index in [9.17, 15) is 4.39 Å². The number of nitrogens with one attached hydrogen (secondary N) is 1. The van der Waals surface area contributed by atoms with Gasteiger partial charge in [0, 0.05) is 11.6 Å². The number of morpholine rings is 1. The molecule has 27 heavy (non-hydrogen) atoms. The molecule has 1 aliphatic heterocycles. The van der Waals surface area contributed by atoms with Crippen molar-refractivity contribution in [2.45, 2.75) is 25.4 Å². The Balaban J connectivity index is 1.61. The topological polar surface area (TPSA) is 30.5 Å². The number of halogens is 2. The molecule has 1 aliphatic rings. The molecular weight excluding hydrogens is 365 g/mol. The Bertz CT molecular complexity index is 931. The van der Waals surface area contributed by atoms with Crippen molar-refractivity contribution in [2.24, 2.45) is 0 Å². The standard InChI is InChI=1S/C22H21ClFNO2/c1-14(20-13-17(23)12-16-4-2-3-5-19(16)20)27-22-21(25-10-11-26-22)15-6-8-18(24)9-7-15/h2-9,12-14,21-22,25H,10-11H2,1H3/t14-,21+,22-/m1/s1. The van der Waals surface area contributed by atoms with E-state index >= 15 is 0 Å². The summed E-state index contributed by atoms with van der Waals surface area (Å²) >= 11 is 6.32. The second kappa shape index (κ2) is 7.95. The van der Waals surface area contributed by atoms with Crippen molar-refractivity contribution in [3.05, 3.63) is 82.6 Å². The number of ether oxygens (including phenoxy) is 2. The number of hydrogen-bond donors (Lipinski definition) is 1. The average molecular weight is 386 g/mol. The number of rotatable bonds is 4. The SMILES string of the molecule is C[C@@H](O[C@H]1OCCN[C@H]1c1ccc(F)cc1)c1cc(Cl)cc2ccccc12. The normalized spacial score (nSPS) is 21.3. The van der Waals surface area contributed by atoms with Crippen LogP contribution in [0.2, 0.25) is 5.02 Å². The average Bonchev–Trinajstić information content (AvgIpc) is 2.68. The van der Waals surface area contributed by atoms with Crippen molar-refractivity contribution in [3.63, 3.8) is 0 Å². The van der Waals surface area contributed by atoms with Crippen molar-refractivity contribution < 1.29 is 13.9 Å². The van der Waals surface area contributed by atoms with Gasteiger partial charge in [-0.05, 0) is 53.1 Å². The molecule has 1 heterocycles. The first-order valence-corrected chi connectivity index (χ1v) is 9.44. The molecule has 5 heteroatoms. The lowest BCUT2D eigenvalue weighted by molar-refractivity contribution is -0.199. The Morgan fingerprint density at radius 2 is 1.93 bits per heavy atom. The van der Waals surface area contributed by atoms with Gasteiger partial charge in [-0.25, -0.2) is 4.39 Å². The summed E-state index contributed by atoms with van der Waals surface area (Å²) in [6, 6.07) is 18.3. The Morgan fingerprint density at radius 3 is 2.74 bits per heavy atom. The molecule has 3 aromatic carbocycles. The van der Waals surface area contributed by atoms with Crippen LogP contribution < -0.4 is 5.32 Å². The summed E-state index contributed by atoms with van der Waals surface area (Å²) in [4.78, 5) is 0. The smallest absolute Gasteiger partial charge is 0.177 e. The molecule has 3 aromatic rings. The fourth-order valence-corrected chi connectivity index (χ4v) is 3.79. The van der Waals surface area contributed by atoms with Crippen LogP contribution >= 0.6 is 11.6 Å². The van der Waals surface area contributed by atoms with Crippen LogP contribution in [0.25, 0.3) is 10.8 Å². The largest absolute Gasteiger partial charge is 0.349 e. The zero-order chi connectivity index (χ0) is 18.8. The molecule has 0 aromatic heterocycles. The quantitative estimate of drug-likeness (QED) is 0.652. The van der Waals surface area contributed by atoms with E-state index < -0.39 is 6.29 Å². The minimum absolute atomic E-state index is 0.160. The van der Waals surface area contributed by atoms with Crippen LogP contribution in [0, 0.1) is 5.82 Å². The predicted octanol–water partition coefficient (Wildman–Crippen LogP) is 5.40. The monoisotopic (exact) mass is 385 g/mol. The van der Waals surface area contributed by atoms with Gasteiger partial charge in [0.25, 0.3) is 0 Å². The highest BCUT2D eigenvalue weighted by Crippen LogP contribution is 2.33. The molecule has 3 nitrogen and oxygen atoms in total. The lowest BCUT2D eigenvalue weighted by atomic mass is 10.0. The lowest BCUT2D eigenvalue weighted by Gasteiger charge is -2.35. The third-order valence-electron chi connectivity index (χ3n) is 4.88. The van der Waals surface area contributed by atoms with Gasteiger partial charge in [0.15, 0.2) is 6.29 Å². The molecule has 0 aliphatic carbocycles. The van der Waals surface area contributed by atoms with Crippen LogP contribution in [0.15, 0.2) is 60.7 Å². The van der Waals surface area contributed by atoms with Crippen molar-refractivity contribution >= 4 is 22.4 Å². The first-order chi connectivity index (χ1) is 13.1. The van der Waals surface area contributed by atoms with Gasteiger partial charge in [0.1, 0.15) is 5.82 Å². The summed E-state index contributed by atoms with van der Waals surface area (Å²) in [7, 11) is 0. The van der Waals surface area contributed by atoms with Crippen molar-refractivity contribution in [1.82, 2.24) is 5.32 Å². The highest BCUT2D eigenvalue weighted by molar-refractivity contribution is 6.31. The third-order valence-corrected chi connectivity index (χ3v) is 5.10. The van der Waals surface area contributed by atoms with E-state index in [-0.39, 0.29) is 18.0 Å². The third kappa shape index (κ3) is 3.99. The van der Waals surface area contributed by atoms with Crippen LogP contribution in [0.3, 0.4) is 0 Å². The highest BCUT2D eigenvalue weighted by Gasteiger charge is 2.30. The summed E-state index contributed by atoms with van der Waals surface area (Å²) in [5.74, 6) is -0.258. The summed E-state index contributed by atoms with van der Waals surface area (Å²) in [6.45, 7) is 3.28. The van der Waals surface area contributed by atoms with Crippen LogP contribution in [0.5, 0.6) is 0 Å². The van der Waals surface area contributed by atoms with E-state index in [1.165, 1.54) is 12.1 Å². The van der Waals surface area contributed by atoms with Gasteiger partial charge < -0.3 is 14.8 Å². The highest BCUT2D eigenvalue weighted by atomic mass is 35.5. The molecule has 1 saturated heterocycles. The van der Waals surface area contributed by atoms with E-state index in [1.807, 2.05) is 37.3 Å². The summed E-state index contributed by atoms with van der Waals surface area (Å²) in [6.07, 6.45) is -0.696. The summed E-state index contributed by atoms with van der Waals surface area (Å²) < 4.78 is 25.5. The molecule has 0 bridgehead atoms. The second-order valence-corrected chi connectivity index (χ2v) is 7.15. The lowest BCUT2D eigenvalue weighted by Crippen LogP contribution is -2.43. The predicted molar refractivity (Wildman–Crippen MR) is 105 cm³/mol. The van der Waals surface area contributed by atoms with E-state index in [0.29, 0.717) is 11.6 Å². The summed E-state index contributed by atoms with van der Waals surface area (Å²) in [5, 5.41) is 6.27. The Kier molecular flexibility index (Phi) is 5.41. The number of fused-ring (bicyclic) bond motifs is 1. The van der Waals surface area contributed by atoms with Crippen LogP contribution in [0.1, 0.15) is 30.2 Å². The zero-order valence-electron chi connectivity index (χ0n) is 15.0. The molecule has 0 spiro atoms. The van der Waals surface area contributed by atoms with Crippen LogP contribution in [-0.2, 0) is 9.47 Å². The van der Waals surface area contributed by atoms with E-state index in [0.717, 1.165) is 28.4 Å². The molecule has 3 atom stereocenters. The maximum atomic E-state index is 13.3. The number of hydrogen-bond acceptors (Lipinski definition) is 3. The molecule has 1 fully saturated rings. The van der Waals surface area contributed by atoms with E-state index in [4.69, 9.17) is 21.1 Å². The van der Waals surface area contributed by atoms with Crippen molar-refractivity contribution in [3.8, 4) is 0 Å². The van der Waals surface area contributed by atoms with E-state index in [2.05, 4.69) is 11.4 Å². The maximum Gasteiger partial charge on any atom is 0.177 e. The van der Waals surface area contributed by atoms with Crippen molar-refractivity contribution in [2.75, 3.05) is 13.2 Å². The van der Waals surface area contributed by atoms with Gasteiger partial charge >= 0.3 is 0 Å². The molecule has 0 radical (unpaired) electrons. The van der Waals surface area contributed by atoms with Gasteiger partial charge in [0.05, 0.1) is 18.8 Å². The molecule has 0 saturated carbocycles. The van der Waals surface area contributed by atoms with Crippen molar-refractivity contribution in [1.29, 1.82) is 0 Å². The Labute approximate surface area is 163 Å². The van der Waals surface area contributed by atoms with Crippen LogP contribution in [-0.4, -0.2) is 19.4 Å². The first-order valence-electron chi connectivity index (χ1n) is 9.06. The first kappa shape index (κ1) is 18.4. The van der Waals surface area contributed by atoms with Gasteiger partial charge in [0.2, 0.25) is 0 Å². The molecule has 1 N–H and O–H groups in total. The fraction of sp³-hybridized carbons (Fsp3) is 0.273.